The van der Waals surface area contributed by atoms with Crippen molar-refractivity contribution in [2.75, 3.05) is 13.6 Å². The third kappa shape index (κ3) is 2.07. The average Bonchev–Trinajstić information content (AvgIpc) is 2.60. The second kappa shape index (κ2) is 4.08. The fourth-order valence-corrected chi connectivity index (χ4v) is 2.22. The summed E-state index contributed by atoms with van der Waals surface area (Å²) >= 11 is 0. The van der Waals surface area contributed by atoms with Crippen LogP contribution in [0.25, 0.3) is 0 Å². The van der Waals surface area contributed by atoms with Crippen LogP contribution in [0.15, 0.2) is 6.20 Å². The fourth-order valence-electron chi connectivity index (χ4n) is 2.22. The zero-order valence-corrected chi connectivity index (χ0v) is 9.01. The standard InChI is InChI=1S/C10H14F3N3/c1-14-5-7-2-3-16-8(4-7)6-15-9(16)10(11,12)13/h6-7,14H,2-5H2,1H3. The summed E-state index contributed by atoms with van der Waals surface area (Å²) in [6.45, 7) is 1.25. The molecule has 1 atom stereocenters. The van der Waals surface area contributed by atoms with Gasteiger partial charge in [-0.1, -0.05) is 0 Å². The summed E-state index contributed by atoms with van der Waals surface area (Å²) < 4.78 is 39.0. The average molecular weight is 233 g/mol. The third-order valence-corrected chi connectivity index (χ3v) is 2.94. The first-order valence-electron chi connectivity index (χ1n) is 5.28. The molecule has 0 saturated heterocycles. The Labute approximate surface area is 91.7 Å². The van der Waals surface area contributed by atoms with Gasteiger partial charge in [0.05, 0.1) is 0 Å². The lowest BCUT2D eigenvalue weighted by molar-refractivity contribution is -0.147. The summed E-state index contributed by atoms with van der Waals surface area (Å²) in [7, 11) is 1.85. The van der Waals surface area contributed by atoms with Crippen LogP contribution in [0.1, 0.15) is 17.9 Å². The van der Waals surface area contributed by atoms with Gasteiger partial charge in [0, 0.05) is 18.4 Å². The molecule has 0 bridgehead atoms. The van der Waals surface area contributed by atoms with Crippen LogP contribution in [-0.2, 0) is 19.1 Å². The number of alkyl halides is 3. The normalized spacial score (nSPS) is 20.9. The van der Waals surface area contributed by atoms with Crippen LogP contribution in [0.3, 0.4) is 0 Å². The molecular formula is C10H14F3N3. The number of nitrogens with one attached hydrogen (secondary N) is 1. The van der Waals surface area contributed by atoms with Crippen molar-refractivity contribution in [3.63, 3.8) is 0 Å². The predicted octanol–water partition coefficient (Wildman–Crippen LogP) is 1.68. The Morgan fingerprint density at radius 1 is 1.56 bits per heavy atom. The smallest absolute Gasteiger partial charge is 0.324 e. The van der Waals surface area contributed by atoms with E-state index < -0.39 is 12.0 Å². The van der Waals surface area contributed by atoms with Gasteiger partial charge in [-0.2, -0.15) is 13.2 Å². The molecule has 1 aromatic heterocycles. The lowest BCUT2D eigenvalue weighted by Crippen LogP contribution is -2.29. The summed E-state index contributed by atoms with van der Waals surface area (Å²) in [6.07, 6.45) is -1.55. The summed E-state index contributed by atoms with van der Waals surface area (Å²) in [5, 5.41) is 3.05. The van der Waals surface area contributed by atoms with Gasteiger partial charge >= 0.3 is 6.18 Å². The topological polar surface area (TPSA) is 29.9 Å². The number of halogens is 3. The highest BCUT2D eigenvalue weighted by atomic mass is 19.4. The van der Waals surface area contributed by atoms with Crippen molar-refractivity contribution in [2.45, 2.75) is 25.6 Å². The quantitative estimate of drug-likeness (QED) is 0.842. The molecule has 0 aliphatic carbocycles. The maximum Gasteiger partial charge on any atom is 0.449 e. The van der Waals surface area contributed by atoms with Gasteiger partial charge in [-0.25, -0.2) is 4.98 Å². The van der Waals surface area contributed by atoms with E-state index in [1.807, 2.05) is 7.05 Å². The number of hydrogen-bond acceptors (Lipinski definition) is 2. The molecular weight excluding hydrogens is 219 g/mol. The first-order valence-corrected chi connectivity index (χ1v) is 5.28. The van der Waals surface area contributed by atoms with E-state index in [1.54, 1.807) is 0 Å². The Balaban J connectivity index is 2.20. The maximum absolute atomic E-state index is 12.6. The highest BCUT2D eigenvalue weighted by Gasteiger charge is 2.38. The molecule has 1 aromatic rings. The fraction of sp³-hybridized carbons (Fsp3) is 0.700. The number of nitrogens with zero attached hydrogens (tertiary/aromatic N) is 2. The van der Waals surface area contributed by atoms with E-state index in [0.717, 1.165) is 13.0 Å². The van der Waals surface area contributed by atoms with Gasteiger partial charge in [0.2, 0.25) is 5.82 Å². The Bertz CT molecular complexity index is 370. The van der Waals surface area contributed by atoms with Crippen molar-refractivity contribution >= 4 is 0 Å². The molecule has 90 valence electrons. The largest absolute Gasteiger partial charge is 0.449 e. The van der Waals surface area contributed by atoms with Crippen LogP contribution in [-0.4, -0.2) is 23.1 Å². The second-order valence-electron chi connectivity index (χ2n) is 4.14. The Hall–Kier alpha value is -1.04. The monoisotopic (exact) mass is 233 g/mol. The van der Waals surface area contributed by atoms with Gasteiger partial charge in [-0.05, 0) is 32.4 Å². The predicted molar refractivity (Wildman–Crippen MR) is 53.0 cm³/mol. The van der Waals surface area contributed by atoms with E-state index >= 15 is 0 Å². The van der Waals surface area contributed by atoms with E-state index in [0.29, 0.717) is 24.6 Å². The van der Waals surface area contributed by atoms with Crippen LogP contribution >= 0.6 is 0 Å². The SMILES string of the molecule is CNCC1CCn2c(cnc2C(F)(F)F)C1. The number of fused-ring (bicyclic) bond motifs is 1. The molecule has 1 N–H and O–H groups in total. The molecule has 1 aliphatic heterocycles. The zero-order chi connectivity index (χ0) is 11.8. The molecule has 2 rings (SSSR count). The van der Waals surface area contributed by atoms with Crippen LogP contribution < -0.4 is 5.32 Å². The summed E-state index contributed by atoms with van der Waals surface area (Å²) in [5.41, 5.74) is 0.693. The minimum Gasteiger partial charge on any atom is -0.324 e. The third-order valence-electron chi connectivity index (χ3n) is 2.94. The van der Waals surface area contributed by atoms with Gasteiger partial charge in [0.1, 0.15) is 0 Å². The van der Waals surface area contributed by atoms with Crippen molar-refractivity contribution in [1.82, 2.24) is 14.9 Å². The van der Waals surface area contributed by atoms with Crippen LogP contribution in [0, 0.1) is 5.92 Å². The van der Waals surface area contributed by atoms with E-state index in [2.05, 4.69) is 10.3 Å². The van der Waals surface area contributed by atoms with Crippen LogP contribution in [0.4, 0.5) is 13.2 Å². The Kier molecular flexibility index (Phi) is 2.92. The van der Waals surface area contributed by atoms with E-state index in [-0.39, 0.29) is 0 Å². The molecule has 2 heterocycles. The maximum atomic E-state index is 12.6. The molecule has 1 aliphatic rings. The molecule has 0 fully saturated rings. The lowest BCUT2D eigenvalue weighted by Gasteiger charge is -2.25. The molecule has 1 unspecified atom stereocenters. The number of imidazole rings is 1. The zero-order valence-electron chi connectivity index (χ0n) is 9.01. The Morgan fingerprint density at radius 2 is 2.31 bits per heavy atom. The molecule has 0 aromatic carbocycles. The van der Waals surface area contributed by atoms with Crippen LogP contribution in [0.2, 0.25) is 0 Å². The van der Waals surface area contributed by atoms with E-state index in [1.165, 1.54) is 10.8 Å². The minimum atomic E-state index is -4.34. The van der Waals surface area contributed by atoms with Crippen molar-refractivity contribution in [1.29, 1.82) is 0 Å². The highest BCUT2D eigenvalue weighted by molar-refractivity contribution is 5.11. The molecule has 16 heavy (non-hydrogen) atoms. The molecule has 3 nitrogen and oxygen atoms in total. The minimum absolute atomic E-state index is 0.412. The van der Waals surface area contributed by atoms with Gasteiger partial charge < -0.3 is 9.88 Å². The highest BCUT2D eigenvalue weighted by Crippen LogP contribution is 2.31. The summed E-state index contributed by atoms with van der Waals surface area (Å²) in [6, 6.07) is 0. The van der Waals surface area contributed by atoms with Gasteiger partial charge in [0.25, 0.3) is 0 Å². The molecule has 0 saturated carbocycles. The number of aromatic nitrogens is 2. The van der Waals surface area contributed by atoms with Gasteiger partial charge in [-0.15, -0.1) is 0 Å². The van der Waals surface area contributed by atoms with Crippen molar-refractivity contribution in [3.8, 4) is 0 Å². The first kappa shape index (κ1) is 11.4. The lowest BCUT2D eigenvalue weighted by atomic mass is 9.96. The Morgan fingerprint density at radius 3 is 2.94 bits per heavy atom. The van der Waals surface area contributed by atoms with Gasteiger partial charge in [0.15, 0.2) is 0 Å². The second-order valence-corrected chi connectivity index (χ2v) is 4.14. The molecule has 0 radical (unpaired) electrons. The number of hydrogen-bond donors (Lipinski definition) is 1. The van der Waals surface area contributed by atoms with Crippen molar-refractivity contribution < 1.29 is 13.2 Å². The summed E-state index contributed by atoms with van der Waals surface area (Å²) in [4.78, 5) is 3.48. The molecule has 0 spiro atoms. The van der Waals surface area contributed by atoms with Crippen molar-refractivity contribution in [2.24, 2.45) is 5.92 Å². The van der Waals surface area contributed by atoms with Gasteiger partial charge in [-0.3, -0.25) is 0 Å². The first-order chi connectivity index (χ1) is 7.52. The summed E-state index contributed by atoms with van der Waals surface area (Å²) in [5.74, 6) is -0.347. The van der Waals surface area contributed by atoms with E-state index in [4.69, 9.17) is 0 Å². The molecule has 0 amide bonds. The van der Waals surface area contributed by atoms with E-state index in [9.17, 15) is 13.2 Å². The van der Waals surface area contributed by atoms with Crippen molar-refractivity contribution in [3.05, 3.63) is 17.7 Å². The molecule has 6 heteroatoms. The van der Waals surface area contributed by atoms with Crippen LogP contribution in [0.5, 0.6) is 0 Å². The number of rotatable bonds is 2.